The summed E-state index contributed by atoms with van der Waals surface area (Å²) in [5, 5.41) is 0. The van der Waals surface area contributed by atoms with Gasteiger partial charge in [-0.2, -0.15) is 9.90 Å². The first kappa shape index (κ1) is 16.4. The Hall–Kier alpha value is 0.0200. The van der Waals surface area contributed by atoms with Crippen LogP contribution in [0.25, 0.3) is 0 Å². The van der Waals surface area contributed by atoms with E-state index in [1.807, 2.05) is 25.9 Å². The van der Waals surface area contributed by atoms with E-state index in [0.717, 1.165) is 25.8 Å². The second-order valence-electron chi connectivity index (χ2n) is 3.58. The highest BCUT2D eigenvalue weighted by Crippen LogP contribution is 2.08. The van der Waals surface area contributed by atoms with Crippen molar-refractivity contribution >= 4 is 15.7 Å². The molecule has 0 heterocycles. The van der Waals surface area contributed by atoms with E-state index in [4.69, 9.17) is 5.73 Å². The van der Waals surface area contributed by atoms with Crippen molar-refractivity contribution in [2.24, 2.45) is 5.73 Å². The van der Waals surface area contributed by atoms with Gasteiger partial charge in [0.25, 0.3) is 0 Å². The third kappa shape index (κ3) is 6.47. The zero-order valence-corrected chi connectivity index (χ0v) is 11.2. The lowest BCUT2D eigenvalue weighted by molar-refractivity contribution is -0.123. The average Bonchev–Trinajstić information content (AvgIpc) is 2.11. The van der Waals surface area contributed by atoms with E-state index in [0.29, 0.717) is 12.2 Å². The predicted molar refractivity (Wildman–Crippen MR) is 68.9 cm³/mol. The number of rotatable bonds is 7. The first-order valence-corrected chi connectivity index (χ1v) is 5.02. The van der Waals surface area contributed by atoms with Crippen LogP contribution in [0, 0.1) is 0 Å². The van der Waals surface area contributed by atoms with E-state index in [1.54, 1.807) is 0 Å². The molecule has 0 bridgehead atoms. The third-order valence-electron chi connectivity index (χ3n) is 2.28. The van der Waals surface area contributed by atoms with Crippen LogP contribution >= 0.6 is 9.90 Å². The van der Waals surface area contributed by atoms with Crippen LogP contribution in [0.15, 0.2) is 0 Å². The molecule has 0 rings (SSSR count). The number of nitrogens with two attached hydrogens (primary N) is 1. The van der Waals surface area contributed by atoms with Crippen molar-refractivity contribution in [2.45, 2.75) is 38.6 Å². The summed E-state index contributed by atoms with van der Waals surface area (Å²) in [5.74, 6) is 0.335. The van der Waals surface area contributed by atoms with Crippen molar-refractivity contribution in [3.05, 3.63) is 0 Å². The van der Waals surface area contributed by atoms with Crippen molar-refractivity contribution in [3.63, 3.8) is 0 Å². The Morgan fingerprint density at radius 2 is 2.00 bits per heavy atom. The molecule has 0 amide bonds. The second kappa shape index (κ2) is 9.57. The normalized spacial score (nSPS) is 12.4. The van der Waals surface area contributed by atoms with Crippen molar-refractivity contribution in [2.75, 3.05) is 20.6 Å². The summed E-state index contributed by atoms with van der Waals surface area (Å²) in [6.07, 6.45) is 3.63. The molecule has 88 valence electrons. The predicted octanol–water partition coefficient (Wildman–Crippen LogP) is 1.33. The number of nitrogens with zero attached hydrogens (tertiary/aromatic N) is 1. The Morgan fingerprint density at radius 1 is 1.43 bits per heavy atom. The van der Waals surface area contributed by atoms with Gasteiger partial charge in [0.1, 0.15) is 5.78 Å². The number of carbonyl (C=O) groups is 1. The molecular formula is C10H27N2OP. The molecule has 0 saturated heterocycles. The van der Waals surface area contributed by atoms with Crippen LogP contribution in [0.5, 0.6) is 0 Å². The topological polar surface area (TPSA) is 46.3 Å². The fourth-order valence-electron chi connectivity index (χ4n) is 1.42. The van der Waals surface area contributed by atoms with Crippen LogP contribution in [0.4, 0.5) is 0 Å². The van der Waals surface area contributed by atoms with Crippen molar-refractivity contribution in [1.82, 2.24) is 4.90 Å². The van der Waals surface area contributed by atoms with Crippen LogP contribution in [-0.2, 0) is 4.79 Å². The van der Waals surface area contributed by atoms with E-state index >= 15 is 0 Å². The van der Waals surface area contributed by atoms with Gasteiger partial charge in [0.2, 0.25) is 0 Å². The SMILES string of the molecule is CCC(=O)[C@H](CCCCN)N(C)C.P.[HH]. The van der Waals surface area contributed by atoms with Gasteiger partial charge in [-0.05, 0) is 33.5 Å². The summed E-state index contributed by atoms with van der Waals surface area (Å²) in [6.45, 7) is 2.64. The fraction of sp³-hybridized carbons (Fsp3) is 0.900. The van der Waals surface area contributed by atoms with E-state index in [-0.39, 0.29) is 17.4 Å². The molecule has 0 aliphatic heterocycles. The molecule has 0 aliphatic carbocycles. The number of hydrogen-bond acceptors (Lipinski definition) is 3. The molecule has 2 N–H and O–H groups in total. The van der Waals surface area contributed by atoms with Crippen molar-refractivity contribution in [1.29, 1.82) is 0 Å². The number of Topliss-reactive ketones (excluding diaryl/α,β-unsaturated/α-hetero) is 1. The van der Waals surface area contributed by atoms with Gasteiger partial charge < -0.3 is 5.73 Å². The number of hydrogen-bond donors (Lipinski definition) is 1. The Labute approximate surface area is 92.5 Å². The molecule has 0 saturated carbocycles. The van der Waals surface area contributed by atoms with Gasteiger partial charge in [0, 0.05) is 7.85 Å². The summed E-state index contributed by atoms with van der Waals surface area (Å²) >= 11 is 0. The van der Waals surface area contributed by atoms with Crippen LogP contribution in [-0.4, -0.2) is 37.4 Å². The molecule has 0 aromatic heterocycles. The van der Waals surface area contributed by atoms with Gasteiger partial charge in [0.05, 0.1) is 6.04 Å². The molecule has 0 spiro atoms. The lowest BCUT2D eigenvalue weighted by atomic mass is 10.0. The zero-order chi connectivity index (χ0) is 10.3. The number of unbranched alkanes of at least 4 members (excludes halogenated alkanes) is 1. The maximum absolute atomic E-state index is 11.5. The summed E-state index contributed by atoms with van der Waals surface area (Å²) in [7, 11) is 3.92. The molecule has 1 unspecified atom stereocenters. The first-order valence-electron chi connectivity index (χ1n) is 5.02. The van der Waals surface area contributed by atoms with Crippen molar-refractivity contribution < 1.29 is 6.22 Å². The van der Waals surface area contributed by atoms with Crippen LogP contribution < -0.4 is 5.73 Å². The molecule has 0 aliphatic rings. The van der Waals surface area contributed by atoms with Crippen LogP contribution in [0.3, 0.4) is 0 Å². The second-order valence-corrected chi connectivity index (χ2v) is 3.58. The minimum Gasteiger partial charge on any atom is -0.330 e. The number of likely N-dealkylation sites (N-methyl/N-ethyl adjacent to an activating group) is 1. The highest BCUT2D eigenvalue weighted by molar-refractivity contribution is 6.92. The van der Waals surface area contributed by atoms with Gasteiger partial charge in [-0.3, -0.25) is 9.69 Å². The van der Waals surface area contributed by atoms with Crippen LogP contribution in [0.2, 0.25) is 0 Å². The third-order valence-corrected chi connectivity index (χ3v) is 2.28. The minimum atomic E-state index is 0. The van der Waals surface area contributed by atoms with E-state index in [2.05, 4.69) is 0 Å². The lowest BCUT2D eigenvalue weighted by Crippen LogP contribution is -2.35. The molecule has 2 atom stereocenters. The summed E-state index contributed by atoms with van der Waals surface area (Å²) in [5.41, 5.74) is 5.40. The van der Waals surface area contributed by atoms with E-state index < -0.39 is 0 Å². The zero-order valence-electron chi connectivity index (χ0n) is 9.75. The Morgan fingerprint density at radius 3 is 2.36 bits per heavy atom. The molecule has 4 heteroatoms. The standard InChI is InChI=1S/C10H22N2O.H3P.H2/c1-4-10(13)9(12(2)3)7-5-6-8-11;;/h9H,4-8,11H2,1-3H3;1H3;1H/t9-;;/m0../s1. The summed E-state index contributed by atoms with van der Waals surface area (Å²) in [4.78, 5) is 13.5. The largest absolute Gasteiger partial charge is 0.330 e. The highest BCUT2D eigenvalue weighted by atomic mass is 31.0. The number of carbonyl (C=O) groups excluding carboxylic acids is 1. The molecule has 0 radical (unpaired) electrons. The maximum atomic E-state index is 11.5. The van der Waals surface area contributed by atoms with Gasteiger partial charge in [-0.15, -0.1) is 0 Å². The van der Waals surface area contributed by atoms with E-state index in [9.17, 15) is 4.79 Å². The lowest BCUT2D eigenvalue weighted by Gasteiger charge is -2.22. The Bertz CT molecular complexity index is 156. The van der Waals surface area contributed by atoms with Gasteiger partial charge in [-0.25, -0.2) is 0 Å². The van der Waals surface area contributed by atoms with Gasteiger partial charge >= 0.3 is 0 Å². The smallest absolute Gasteiger partial charge is 0.149 e. The summed E-state index contributed by atoms with van der Waals surface area (Å²) in [6, 6.07) is 0.0940. The highest BCUT2D eigenvalue weighted by Gasteiger charge is 2.17. The number of ketones is 1. The maximum Gasteiger partial charge on any atom is 0.149 e. The molecule has 3 nitrogen and oxygen atoms in total. The molecule has 14 heavy (non-hydrogen) atoms. The molecule has 0 fully saturated rings. The quantitative estimate of drug-likeness (QED) is 0.522. The van der Waals surface area contributed by atoms with Crippen molar-refractivity contribution in [3.8, 4) is 0 Å². The van der Waals surface area contributed by atoms with Gasteiger partial charge in [0.15, 0.2) is 0 Å². The van der Waals surface area contributed by atoms with Crippen LogP contribution in [0.1, 0.15) is 34.0 Å². The molecule has 0 aromatic carbocycles. The minimum absolute atomic E-state index is 0. The average molecular weight is 222 g/mol. The van der Waals surface area contributed by atoms with Gasteiger partial charge in [-0.1, -0.05) is 13.3 Å². The monoisotopic (exact) mass is 222 g/mol. The first-order chi connectivity index (χ1) is 6.13. The Balaban J connectivity index is -0.000000720. The summed E-state index contributed by atoms with van der Waals surface area (Å²) < 4.78 is 0. The molecule has 0 aromatic rings. The Kier molecular flexibility index (Phi) is 11.2. The fourth-order valence-corrected chi connectivity index (χ4v) is 1.42. The molecular weight excluding hydrogens is 195 g/mol. The van der Waals surface area contributed by atoms with E-state index in [1.165, 1.54) is 0 Å².